The van der Waals surface area contributed by atoms with Crippen LogP contribution < -0.4 is 0 Å². The molecule has 0 spiro atoms. The van der Waals surface area contributed by atoms with Crippen molar-refractivity contribution in [3.8, 4) is 0 Å². The van der Waals surface area contributed by atoms with E-state index in [4.69, 9.17) is 0 Å². The van der Waals surface area contributed by atoms with Crippen LogP contribution in [-0.2, 0) is 11.3 Å². The molecule has 2 aromatic rings. The third-order valence-corrected chi connectivity index (χ3v) is 4.11. The fourth-order valence-corrected chi connectivity index (χ4v) is 2.88. The van der Waals surface area contributed by atoms with Gasteiger partial charge in [-0.15, -0.1) is 0 Å². The molecule has 3 rings (SSSR count). The first-order chi connectivity index (χ1) is 10.4. The highest BCUT2D eigenvalue weighted by Gasteiger charge is 2.29. The monoisotopic (exact) mass is 300 g/mol. The lowest BCUT2D eigenvalue weighted by Crippen LogP contribution is -2.51. The first-order valence-corrected chi connectivity index (χ1v) is 7.89. The molecule has 1 aromatic carbocycles. The Bertz CT molecular complexity index is 630. The molecule has 0 unspecified atom stereocenters. The van der Waals surface area contributed by atoms with Crippen molar-refractivity contribution in [2.45, 2.75) is 27.3 Å². The van der Waals surface area contributed by atoms with E-state index >= 15 is 0 Å². The molecule has 22 heavy (non-hydrogen) atoms. The van der Waals surface area contributed by atoms with Gasteiger partial charge in [-0.25, -0.2) is 4.98 Å². The number of piperazine rings is 1. The Morgan fingerprint density at radius 2 is 1.86 bits per heavy atom. The van der Waals surface area contributed by atoms with Crippen LogP contribution in [0.25, 0.3) is 11.0 Å². The van der Waals surface area contributed by atoms with Gasteiger partial charge >= 0.3 is 0 Å². The highest BCUT2D eigenvalue weighted by molar-refractivity contribution is 5.81. The number of carbonyl (C=O) groups is 1. The van der Waals surface area contributed by atoms with Crippen molar-refractivity contribution in [2.75, 3.05) is 26.2 Å². The van der Waals surface area contributed by atoms with E-state index in [2.05, 4.69) is 14.9 Å². The number of H-pyrrole nitrogens is 1. The van der Waals surface area contributed by atoms with E-state index in [1.54, 1.807) is 0 Å². The van der Waals surface area contributed by atoms with Gasteiger partial charge in [0.15, 0.2) is 0 Å². The molecule has 1 N–H and O–H groups in total. The second-order valence-corrected chi connectivity index (χ2v) is 7.02. The predicted octanol–water partition coefficient (Wildman–Crippen LogP) is 2.25. The van der Waals surface area contributed by atoms with Gasteiger partial charge in [-0.2, -0.15) is 0 Å². The third-order valence-electron chi connectivity index (χ3n) is 4.11. The molecule has 0 aliphatic carbocycles. The Hall–Kier alpha value is -1.88. The molecule has 0 bridgehead atoms. The van der Waals surface area contributed by atoms with Gasteiger partial charge in [0.2, 0.25) is 5.91 Å². The summed E-state index contributed by atoms with van der Waals surface area (Å²) in [5.74, 6) is 1.24. The summed E-state index contributed by atoms with van der Waals surface area (Å²) in [7, 11) is 0. The summed E-state index contributed by atoms with van der Waals surface area (Å²) in [6.45, 7) is 10.2. The van der Waals surface area contributed by atoms with Gasteiger partial charge in [0.1, 0.15) is 5.82 Å². The van der Waals surface area contributed by atoms with Gasteiger partial charge in [0.05, 0.1) is 17.6 Å². The van der Waals surface area contributed by atoms with Gasteiger partial charge in [-0.3, -0.25) is 9.69 Å². The van der Waals surface area contributed by atoms with E-state index in [0.29, 0.717) is 0 Å². The molecule has 5 heteroatoms. The van der Waals surface area contributed by atoms with Crippen LogP contribution in [0.15, 0.2) is 24.3 Å². The molecular formula is C17H24N4O. The number of carbonyl (C=O) groups excluding carboxylic acids is 1. The van der Waals surface area contributed by atoms with Crippen molar-refractivity contribution < 1.29 is 4.79 Å². The minimum absolute atomic E-state index is 0.246. The standard InChI is InChI=1S/C17H24N4O/c1-17(2,3)16(22)21-10-8-20(9-11-21)12-15-18-13-6-4-5-7-14(13)19-15/h4-7H,8-12H2,1-3H3,(H,18,19). The molecule has 0 radical (unpaired) electrons. The summed E-state index contributed by atoms with van der Waals surface area (Å²) in [6.07, 6.45) is 0. The largest absolute Gasteiger partial charge is 0.341 e. The van der Waals surface area contributed by atoms with Crippen LogP contribution in [0.1, 0.15) is 26.6 Å². The molecule has 1 aliphatic rings. The van der Waals surface area contributed by atoms with Gasteiger partial charge in [0, 0.05) is 31.6 Å². The minimum atomic E-state index is -0.291. The zero-order valence-electron chi connectivity index (χ0n) is 13.6. The maximum absolute atomic E-state index is 12.3. The van der Waals surface area contributed by atoms with Crippen LogP contribution in [0.3, 0.4) is 0 Å². The number of hydrogen-bond acceptors (Lipinski definition) is 3. The van der Waals surface area contributed by atoms with E-state index in [-0.39, 0.29) is 11.3 Å². The summed E-state index contributed by atoms with van der Waals surface area (Å²) >= 11 is 0. The maximum Gasteiger partial charge on any atom is 0.228 e. The number of amides is 1. The average Bonchev–Trinajstić information content (AvgIpc) is 2.88. The SMILES string of the molecule is CC(C)(C)C(=O)N1CCN(Cc2nc3ccccc3[nH]2)CC1. The van der Waals surface area contributed by atoms with Crippen LogP contribution in [-0.4, -0.2) is 51.9 Å². The average molecular weight is 300 g/mol. The van der Waals surface area contributed by atoms with Crippen LogP contribution in [0.4, 0.5) is 0 Å². The van der Waals surface area contributed by atoms with Crippen molar-refractivity contribution in [2.24, 2.45) is 5.41 Å². The lowest BCUT2D eigenvalue weighted by Gasteiger charge is -2.37. The molecule has 5 nitrogen and oxygen atoms in total. The lowest BCUT2D eigenvalue weighted by atomic mass is 9.94. The van der Waals surface area contributed by atoms with E-state index in [9.17, 15) is 4.79 Å². The molecule has 1 aromatic heterocycles. The topological polar surface area (TPSA) is 52.2 Å². The first kappa shape index (κ1) is 15.0. The first-order valence-electron chi connectivity index (χ1n) is 7.89. The van der Waals surface area contributed by atoms with Crippen molar-refractivity contribution in [3.63, 3.8) is 0 Å². The number of imidazole rings is 1. The van der Waals surface area contributed by atoms with Gasteiger partial charge in [0.25, 0.3) is 0 Å². The van der Waals surface area contributed by atoms with Crippen molar-refractivity contribution in [1.82, 2.24) is 19.8 Å². The highest BCUT2D eigenvalue weighted by Crippen LogP contribution is 2.19. The molecule has 0 saturated carbocycles. The van der Waals surface area contributed by atoms with Gasteiger partial charge < -0.3 is 9.88 Å². The highest BCUT2D eigenvalue weighted by atomic mass is 16.2. The zero-order chi connectivity index (χ0) is 15.7. The lowest BCUT2D eigenvalue weighted by molar-refractivity contribution is -0.141. The minimum Gasteiger partial charge on any atom is -0.341 e. The smallest absolute Gasteiger partial charge is 0.228 e. The number of fused-ring (bicyclic) bond motifs is 1. The normalized spacial score (nSPS) is 17.1. The van der Waals surface area contributed by atoms with Crippen LogP contribution >= 0.6 is 0 Å². The van der Waals surface area contributed by atoms with E-state index < -0.39 is 0 Å². The van der Waals surface area contributed by atoms with Crippen LogP contribution in [0, 0.1) is 5.41 Å². The molecule has 2 heterocycles. The van der Waals surface area contributed by atoms with E-state index in [0.717, 1.165) is 49.6 Å². The Labute approximate surface area is 131 Å². The number of aromatic nitrogens is 2. The van der Waals surface area contributed by atoms with Crippen molar-refractivity contribution >= 4 is 16.9 Å². The second-order valence-electron chi connectivity index (χ2n) is 7.02. The van der Waals surface area contributed by atoms with Crippen LogP contribution in [0.5, 0.6) is 0 Å². The fourth-order valence-electron chi connectivity index (χ4n) is 2.88. The molecular weight excluding hydrogens is 276 g/mol. The molecule has 1 fully saturated rings. The number of nitrogens with one attached hydrogen (secondary N) is 1. The molecule has 118 valence electrons. The number of nitrogens with zero attached hydrogens (tertiary/aromatic N) is 3. The quantitative estimate of drug-likeness (QED) is 0.925. The fraction of sp³-hybridized carbons (Fsp3) is 0.529. The Balaban J connectivity index is 1.59. The summed E-state index contributed by atoms with van der Waals surface area (Å²) in [5, 5.41) is 0. The summed E-state index contributed by atoms with van der Waals surface area (Å²) < 4.78 is 0. The summed E-state index contributed by atoms with van der Waals surface area (Å²) in [4.78, 5) is 24.6. The second kappa shape index (κ2) is 5.72. The zero-order valence-corrected chi connectivity index (χ0v) is 13.6. The number of rotatable bonds is 2. The van der Waals surface area contributed by atoms with Crippen LogP contribution in [0.2, 0.25) is 0 Å². The third kappa shape index (κ3) is 3.14. The van der Waals surface area contributed by atoms with Crippen molar-refractivity contribution in [3.05, 3.63) is 30.1 Å². The molecule has 0 atom stereocenters. The molecule has 1 aliphatic heterocycles. The van der Waals surface area contributed by atoms with E-state index in [1.165, 1.54) is 0 Å². The van der Waals surface area contributed by atoms with Gasteiger partial charge in [-0.1, -0.05) is 32.9 Å². The maximum atomic E-state index is 12.3. The molecule has 1 amide bonds. The molecule has 1 saturated heterocycles. The number of aromatic amines is 1. The summed E-state index contributed by atoms with van der Waals surface area (Å²) in [6, 6.07) is 8.09. The Morgan fingerprint density at radius 1 is 1.18 bits per heavy atom. The van der Waals surface area contributed by atoms with E-state index in [1.807, 2.05) is 49.9 Å². The Morgan fingerprint density at radius 3 is 2.50 bits per heavy atom. The van der Waals surface area contributed by atoms with Gasteiger partial charge in [-0.05, 0) is 12.1 Å². The number of hydrogen-bond donors (Lipinski definition) is 1. The number of para-hydroxylation sites is 2. The predicted molar refractivity (Wildman–Crippen MR) is 87.4 cm³/mol. The summed E-state index contributed by atoms with van der Waals surface area (Å²) in [5.41, 5.74) is 1.80. The Kier molecular flexibility index (Phi) is 3.91. The van der Waals surface area contributed by atoms with Crippen molar-refractivity contribution in [1.29, 1.82) is 0 Å². The number of benzene rings is 1.